The van der Waals surface area contributed by atoms with E-state index >= 15 is 0 Å². The first-order chi connectivity index (χ1) is 11.5. The minimum absolute atomic E-state index is 0.0242. The van der Waals surface area contributed by atoms with Gasteiger partial charge in [-0.05, 0) is 19.3 Å². The maximum Gasteiger partial charge on any atom is 0.337 e. The molecule has 144 valence electrons. The van der Waals surface area contributed by atoms with Crippen molar-refractivity contribution < 1.29 is 44.3 Å². The number of rotatable bonds is 12. The van der Waals surface area contributed by atoms with E-state index in [0.717, 1.165) is 6.42 Å². The summed E-state index contributed by atoms with van der Waals surface area (Å²) in [6, 6.07) is 0. The van der Waals surface area contributed by atoms with E-state index in [1.807, 2.05) is 6.92 Å². The summed E-state index contributed by atoms with van der Waals surface area (Å²) in [5, 5.41) is 39.2. The second-order valence-electron chi connectivity index (χ2n) is 5.86. The largest absolute Gasteiger partial charge is 0.481 e. The van der Waals surface area contributed by atoms with Crippen molar-refractivity contribution in [2.24, 2.45) is 11.3 Å². The van der Waals surface area contributed by atoms with Crippen LogP contribution in [0.1, 0.15) is 52.9 Å². The van der Waals surface area contributed by atoms with Crippen LogP contribution in [0.4, 0.5) is 0 Å². The summed E-state index contributed by atoms with van der Waals surface area (Å²) < 4.78 is 4.88. The summed E-state index contributed by atoms with van der Waals surface area (Å²) in [5.41, 5.74) is -5.72. The van der Waals surface area contributed by atoms with Crippen molar-refractivity contribution in [3.05, 3.63) is 0 Å². The van der Waals surface area contributed by atoms with Crippen molar-refractivity contribution >= 4 is 23.9 Å². The molecule has 0 fully saturated rings. The van der Waals surface area contributed by atoms with Gasteiger partial charge in [0.15, 0.2) is 5.60 Å². The Balaban J connectivity index is 6.09. The lowest BCUT2D eigenvalue weighted by Crippen LogP contribution is -2.64. The van der Waals surface area contributed by atoms with Crippen LogP contribution in [0, 0.1) is 11.3 Å². The molecule has 3 atom stereocenters. The molecule has 0 spiro atoms. The van der Waals surface area contributed by atoms with E-state index in [2.05, 4.69) is 0 Å². The second kappa shape index (κ2) is 9.36. The molecule has 0 rings (SSSR count). The Kier molecular flexibility index (Phi) is 8.55. The number of aliphatic carboxylic acids is 3. The smallest absolute Gasteiger partial charge is 0.337 e. The molecule has 0 heterocycles. The predicted molar refractivity (Wildman–Crippen MR) is 84.8 cm³/mol. The van der Waals surface area contributed by atoms with Crippen LogP contribution in [0.2, 0.25) is 0 Å². The molecule has 0 radical (unpaired) electrons. The zero-order valence-electron chi connectivity index (χ0n) is 14.7. The quantitative estimate of drug-likeness (QED) is 0.295. The summed E-state index contributed by atoms with van der Waals surface area (Å²) in [5.74, 6) is -8.35. The minimum Gasteiger partial charge on any atom is -0.481 e. The van der Waals surface area contributed by atoms with Crippen molar-refractivity contribution in [3.8, 4) is 0 Å². The lowest BCUT2D eigenvalue weighted by atomic mass is 9.61. The fourth-order valence-corrected chi connectivity index (χ4v) is 2.88. The number of esters is 1. The maximum atomic E-state index is 12.0. The second-order valence-corrected chi connectivity index (χ2v) is 5.86. The lowest BCUT2D eigenvalue weighted by Gasteiger charge is -2.43. The van der Waals surface area contributed by atoms with E-state index in [-0.39, 0.29) is 13.0 Å². The standard InChI is InChI=1S/C16H26O9/c1-4-7-8-25-11(17)9-15(6-3,13(20)21)16(24,14(22)23)10(5-2)12(18)19/h10,24H,4-9H2,1-3H3,(H,18,19)(H,20,21)(H,22,23). The fourth-order valence-electron chi connectivity index (χ4n) is 2.88. The average Bonchev–Trinajstić information content (AvgIpc) is 2.52. The highest BCUT2D eigenvalue weighted by atomic mass is 16.5. The molecule has 9 heteroatoms. The molecule has 0 aromatic heterocycles. The van der Waals surface area contributed by atoms with Gasteiger partial charge in [0.25, 0.3) is 0 Å². The van der Waals surface area contributed by atoms with Crippen molar-refractivity contribution in [1.82, 2.24) is 0 Å². The molecule has 0 aliphatic heterocycles. The lowest BCUT2D eigenvalue weighted by molar-refractivity contribution is -0.208. The Morgan fingerprint density at radius 2 is 1.56 bits per heavy atom. The molecule has 9 nitrogen and oxygen atoms in total. The molecule has 0 amide bonds. The van der Waals surface area contributed by atoms with Crippen molar-refractivity contribution in [2.45, 2.75) is 58.5 Å². The number of hydrogen-bond donors (Lipinski definition) is 4. The molecule has 25 heavy (non-hydrogen) atoms. The van der Waals surface area contributed by atoms with Crippen molar-refractivity contribution in [1.29, 1.82) is 0 Å². The molecule has 0 saturated heterocycles. The first kappa shape index (κ1) is 22.8. The van der Waals surface area contributed by atoms with Crippen LogP contribution < -0.4 is 0 Å². The molecule has 0 aromatic rings. The van der Waals surface area contributed by atoms with Crippen LogP contribution in [0.5, 0.6) is 0 Å². The van der Waals surface area contributed by atoms with Gasteiger partial charge in [-0.1, -0.05) is 27.2 Å². The summed E-state index contributed by atoms with van der Waals surface area (Å²) >= 11 is 0. The predicted octanol–water partition coefficient (Wildman–Crippen LogP) is 1.13. The highest BCUT2D eigenvalue weighted by Crippen LogP contribution is 2.45. The van der Waals surface area contributed by atoms with Crippen LogP contribution >= 0.6 is 0 Å². The van der Waals surface area contributed by atoms with Crippen LogP contribution in [-0.4, -0.2) is 56.5 Å². The van der Waals surface area contributed by atoms with Gasteiger partial charge < -0.3 is 25.2 Å². The number of carbonyl (C=O) groups is 4. The summed E-state index contributed by atoms with van der Waals surface area (Å²) in [6.45, 7) is 4.46. The van der Waals surface area contributed by atoms with Gasteiger partial charge in [-0.15, -0.1) is 0 Å². The van der Waals surface area contributed by atoms with Gasteiger partial charge in [0, 0.05) is 0 Å². The topological polar surface area (TPSA) is 158 Å². The first-order valence-electron chi connectivity index (χ1n) is 8.12. The van der Waals surface area contributed by atoms with E-state index in [1.165, 1.54) is 13.8 Å². The molecule has 3 unspecified atom stereocenters. The van der Waals surface area contributed by atoms with Gasteiger partial charge in [-0.2, -0.15) is 0 Å². The maximum absolute atomic E-state index is 12.0. The first-order valence-corrected chi connectivity index (χ1v) is 8.12. The Bertz CT molecular complexity index is 516. The SMILES string of the molecule is CCCCOC(=O)CC(CC)(C(=O)O)C(O)(C(=O)O)C(CC)C(=O)O. The molecule has 0 aliphatic rings. The monoisotopic (exact) mass is 362 g/mol. The summed E-state index contributed by atoms with van der Waals surface area (Å²) in [7, 11) is 0. The summed E-state index contributed by atoms with van der Waals surface area (Å²) in [6.07, 6.45) is -0.500. The summed E-state index contributed by atoms with van der Waals surface area (Å²) in [4.78, 5) is 47.1. The molecule has 0 aliphatic carbocycles. The number of carbonyl (C=O) groups excluding carboxylic acids is 1. The zero-order valence-corrected chi connectivity index (χ0v) is 14.7. The third-order valence-electron chi connectivity index (χ3n) is 4.49. The molecular weight excluding hydrogens is 336 g/mol. The van der Waals surface area contributed by atoms with E-state index in [1.54, 1.807) is 0 Å². The number of unbranched alkanes of at least 4 members (excludes halogenated alkanes) is 1. The van der Waals surface area contributed by atoms with Crippen molar-refractivity contribution in [3.63, 3.8) is 0 Å². The molecule has 0 bridgehead atoms. The number of carboxylic acid groups (broad SMARTS) is 3. The third-order valence-corrected chi connectivity index (χ3v) is 4.49. The van der Waals surface area contributed by atoms with Gasteiger partial charge in [-0.25, -0.2) is 4.79 Å². The Labute approximate surface area is 145 Å². The number of hydrogen-bond acceptors (Lipinski definition) is 6. The minimum atomic E-state index is -3.18. The zero-order chi connectivity index (χ0) is 19.8. The Morgan fingerprint density at radius 3 is 1.88 bits per heavy atom. The van der Waals surface area contributed by atoms with Gasteiger partial charge in [0.2, 0.25) is 0 Å². The van der Waals surface area contributed by atoms with Gasteiger partial charge in [-0.3, -0.25) is 14.4 Å². The van der Waals surface area contributed by atoms with E-state index in [0.29, 0.717) is 6.42 Å². The third kappa shape index (κ3) is 4.47. The number of carboxylic acids is 3. The molecule has 0 saturated carbocycles. The highest BCUT2D eigenvalue weighted by Gasteiger charge is 2.66. The Hall–Kier alpha value is -2.16. The van der Waals surface area contributed by atoms with Crippen LogP contribution in [0.3, 0.4) is 0 Å². The molecular formula is C16H26O9. The van der Waals surface area contributed by atoms with Gasteiger partial charge in [0.05, 0.1) is 18.9 Å². The molecule has 4 N–H and O–H groups in total. The molecule has 0 aromatic carbocycles. The van der Waals surface area contributed by atoms with E-state index in [4.69, 9.17) is 4.74 Å². The van der Waals surface area contributed by atoms with Gasteiger partial charge in [0.1, 0.15) is 5.41 Å². The van der Waals surface area contributed by atoms with E-state index in [9.17, 15) is 39.6 Å². The number of aliphatic hydroxyl groups is 1. The number of ether oxygens (including phenoxy) is 1. The van der Waals surface area contributed by atoms with Crippen LogP contribution in [0.25, 0.3) is 0 Å². The normalized spacial score (nSPS) is 17.0. The van der Waals surface area contributed by atoms with Crippen LogP contribution in [-0.2, 0) is 23.9 Å². The fraction of sp³-hybridized carbons (Fsp3) is 0.750. The van der Waals surface area contributed by atoms with E-state index < -0.39 is 53.7 Å². The average molecular weight is 362 g/mol. The highest BCUT2D eigenvalue weighted by molar-refractivity contribution is 5.95. The van der Waals surface area contributed by atoms with Gasteiger partial charge >= 0.3 is 23.9 Å². The Morgan fingerprint density at radius 1 is 1.00 bits per heavy atom. The van der Waals surface area contributed by atoms with Crippen molar-refractivity contribution in [2.75, 3.05) is 6.61 Å². The van der Waals surface area contributed by atoms with Crippen LogP contribution in [0.15, 0.2) is 0 Å².